The number of oxazole rings is 1. The molecule has 0 aliphatic rings. The minimum atomic E-state index is -0.369. The van der Waals surface area contributed by atoms with Crippen molar-refractivity contribution in [3.63, 3.8) is 0 Å². The number of thioether (sulfide) groups is 1. The third-order valence-electron chi connectivity index (χ3n) is 3.53. The molecule has 0 saturated heterocycles. The molecule has 0 N–H and O–H groups in total. The van der Waals surface area contributed by atoms with Gasteiger partial charge in [-0.05, 0) is 30.2 Å². The summed E-state index contributed by atoms with van der Waals surface area (Å²) in [5.74, 6) is 0.183. The molecular formula is C19H16N2O3S. The van der Waals surface area contributed by atoms with E-state index in [0.717, 1.165) is 16.7 Å². The number of hydrogen-bond acceptors (Lipinski definition) is 6. The van der Waals surface area contributed by atoms with Crippen LogP contribution in [0.25, 0.3) is 11.1 Å². The fourth-order valence-electron chi connectivity index (χ4n) is 2.29. The van der Waals surface area contributed by atoms with Crippen LogP contribution in [0.2, 0.25) is 0 Å². The van der Waals surface area contributed by atoms with Crippen molar-refractivity contribution < 1.29 is 13.9 Å². The van der Waals surface area contributed by atoms with Crippen LogP contribution in [0.1, 0.15) is 28.8 Å². The number of nitrogens with zero attached hydrogens (tertiary/aromatic N) is 2. The number of fused-ring (bicyclic) bond motifs is 1. The number of hydrogen-bond donors (Lipinski definition) is 0. The maximum Gasteiger partial charge on any atom is 0.338 e. The van der Waals surface area contributed by atoms with Gasteiger partial charge in [-0.25, -0.2) is 9.78 Å². The summed E-state index contributed by atoms with van der Waals surface area (Å²) in [6, 6.07) is 16.9. The van der Waals surface area contributed by atoms with Crippen LogP contribution in [-0.2, 0) is 10.5 Å². The van der Waals surface area contributed by atoms with Crippen molar-refractivity contribution in [3.05, 3.63) is 59.7 Å². The second kappa shape index (κ2) is 8.36. The molecule has 0 aliphatic heterocycles. The highest BCUT2D eigenvalue weighted by atomic mass is 32.2. The molecule has 0 atom stereocenters. The quantitative estimate of drug-likeness (QED) is 0.352. The molecular weight excluding hydrogens is 336 g/mol. The number of esters is 1. The molecule has 1 heterocycles. The van der Waals surface area contributed by atoms with Crippen LogP contribution in [0.15, 0.2) is 58.2 Å². The highest BCUT2D eigenvalue weighted by molar-refractivity contribution is 7.98. The number of nitriles is 1. The number of unbranched alkanes of at least 4 members (excludes halogenated alkanes) is 1. The lowest BCUT2D eigenvalue weighted by Crippen LogP contribution is -2.09. The van der Waals surface area contributed by atoms with Crippen LogP contribution < -0.4 is 0 Å². The highest BCUT2D eigenvalue weighted by Crippen LogP contribution is 2.27. The Hall–Kier alpha value is -2.78. The van der Waals surface area contributed by atoms with E-state index < -0.39 is 0 Å². The molecule has 0 aliphatic carbocycles. The van der Waals surface area contributed by atoms with Crippen LogP contribution >= 0.6 is 11.8 Å². The molecule has 0 spiro atoms. The first-order valence-electron chi connectivity index (χ1n) is 7.88. The smallest absolute Gasteiger partial charge is 0.338 e. The van der Waals surface area contributed by atoms with Crippen molar-refractivity contribution in [2.45, 2.75) is 23.8 Å². The second-order valence-corrected chi connectivity index (χ2v) is 6.22. The number of benzene rings is 2. The predicted octanol–water partition coefficient (Wildman–Crippen LogP) is 4.58. The third kappa shape index (κ3) is 4.40. The lowest BCUT2D eigenvalue weighted by Gasteiger charge is -2.08. The molecule has 3 aromatic rings. The topological polar surface area (TPSA) is 76.1 Å². The van der Waals surface area contributed by atoms with E-state index in [9.17, 15) is 4.79 Å². The Morgan fingerprint density at radius 3 is 2.84 bits per heavy atom. The Kier molecular flexibility index (Phi) is 5.70. The number of aromatic nitrogens is 1. The molecule has 0 unspecified atom stereocenters. The van der Waals surface area contributed by atoms with E-state index >= 15 is 0 Å². The lowest BCUT2D eigenvalue weighted by atomic mass is 10.1. The molecule has 5 nitrogen and oxygen atoms in total. The zero-order valence-electron chi connectivity index (χ0n) is 13.5. The van der Waals surface area contributed by atoms with Gasteiger partial charge < -0.3 is 9.15 Å². The van der Waals surface area contributed by atoms with Gasteiger partial charge in [0.1, 0.15) is 5.52 Å². The fraction of sp³-hybridized carbons (Fsp3) is 0.211. The summed E-state index contributed by atoms with van der Waals surface area (Å²) in [5, 5.41) is 9.08. The zero-order valence-corrected chi connectivity index (χ0v) is 14.3. The molecule has 6 heteroatoms. The molecule has 25 heavy (non-hydrogen) atoms. The van der Waals surface area contributed by atoms with Crippen molar-refractivity contribution >= 4 is 28.8 Å². The van der Waals surface area contributed by atoms with E-state index in [0.29, 0.717) is 29.4 Å². The van der Waals surface area contributed by atoms with Crippen molar-refractivity contribution in [1.29, 1.82) is 5.26 Å². The first kappa shape index (κ1) is 17.1. The van der Waals surface area contributed by atoms with E-state index in [2.05, 4.69) is 4.98 Å². The monoisotopic (exact) mass is 352 g/mol. The van der Waals surface area contributed by atoms with E-state index in [1.165, 1.54) is 11.8 Å². The Bertz CT molecular complexity index is 881. The average molecular weight is 352 g/mol. The fourth-order valence-corrected chi connectivity index (χ4v) is 3.13. The zero-order chi connectivity index (χ0) is 17.5. The summed E-state index contributed by atoms with van der Waals surface area (Å²) in [6.45, 7) is 0.249. The van der Waals surface area contributed by atoms with Gasteiger partial charge in [-0.2, -0.15) is 5.26 Å². The Morgan fingerprint density at radius 1 is 1.20 bits per heavy atom. The standard InChI is InChI=1S/C19H16N2O3S/c20-11-5-6-12-23-18(22)15-8-2-1-7-14(15)13-25-19-21-16-9-3-4-10-17(16)24-19/h1-4,7-10H,5-6,12-13H2. The van der Waals surface area contributed by atoms with Gasteiger partial charge in [0.2, 0.25) is 0 Å². The number of ether oxygens (including phenoxy) is 1. The highest BCUT2D eigenvalue weighted by Gasteiger charge is 2.14. The van der Waals surface area contributed by atoms with Crippen LogP contribution in [-0.4, -0.2) is 17.6 Å². The summed E-state index contributed by atoms with van der Waals surface area (Å²) < 4.78 is 10.9. The largest absolute Gasteiger partial charge is 0.462 e. The van der Waals surface area contributed by atoms with Gasteiger partial charge in [0, 0.05) is 12.2 Å². The Morgan fingerprint density at radius 2 is 2.00 bits per heavy atom. The van der Waals surface area contributed by atoms with Gasteiger partial charge in [-0.1, -0.05) is 42.1 Å². The molecule has 2 aromatic carbocycles. The molecule has 3 rings (SSSR count). The second-order valence-electron chi connectivity index (χ2n) is 5.29. The van der Waals surface area contributed by atoms with Gasteiger partial charge in [0.15, 0.2) is 5.58 Å². The lowest BCUT2D eigenvalue weighted by molar-refractivity contribution is 0.0501. The summed E-state index contributed by atoms with van der Waals surface area (Å²) in [4.78, 5) is 16.6. The van der Waals surface area contributed by atoms with Crippen molar-refractivity contribution in [3.8, 4) is 6.07 Å². The Labute approximate surface area is 149 Å². The summed E-state index contributed by atoms with van der Waals surface area (Å²) >= 11 is 1.43. The van der Waals surface area contributed by atoms with E-state index in [-0.39, 0.29) is 12.6 Å². The van der Waals surface area contributed by atoms with E-state index in [1.807, 2.05) is 42.5 Å². The first-order chi connectivity index (χ1) is 12.3. The average Bonchev–Trinajstić information content (AvgIpc) is 3.06. The molecule has 0 saturated carbocycles. The molecule has 0 fully saturated rings. The minimum absolute atomic E-state index is 0.249. The summed E-state index contributed by atoms with van der Waals surface area (Å²) in [5.41, 5.74) is 2.95. The van der Waals surface area contributed by atoms with Gasteiger partial charge in [0.25, 0.3) is 5.22 Å². The maximum atomic E-state index is 12.2. The predicted molar refractivity (Wildman–Crippen MR) is 95.1 cm³/mol. The number of rotatable bonds is 7. The minimum Gasteiger partial charge on any atom is -0.462 e. The van der Waals surface area contributed by atoms with Crippen molar-refractivity contribution in [2.24, 2.45) is 0 Å². The summed E-state index contributed by atoms with van der Waals surface area (Å²) in [7, 11) is 0. The van der Waals surface area contributed by atoms with Crippen molar-refractivity contribution in [1.82, 2.24) is 4.98 Å². The maximum absolute atomic E-state index is 12.2. The molecule has 0 radical (unpaired) electrons. The molecule has 126 valence electrons. The normalized spacial score (nSPS) is 10.5. The van der Waals surface area contributed by atoms with Crippen molar-refractivity contribution in [2.75, 3.05) is 6.61 Å². The van der Waals surface area contributed by atoms with E-state index in [1.54, 1.807) is 12.1 Å². The van der Waals surface area contributed by atoms with Crippen LogP contribution in [0.3, 0.4) is 0 Å². The van der Waals surface area contributed by atoms with Gasteiger partial charge in [-0.15, -0.1) is 0 Å². The number of carbonyl (C=O) groups is 1. The van der Waals surface area contributed by atoms with Crippen LogP contribution in [0, 0.1) is 11.3 Å². The van der Waals surface area contributed by atoms with Gasteiger partial charge in [-0.3, -0.25) is 0 Å². The first-order valence-corrected chi connectivity index (χ1v) is 8.87. The molecule has 1 aromatic heterocycles. The van der Waals surface area contributed by atoms with Crippen LogP contribution in [0.4, 0.5) is 0 Å². The van der Waals surface area contributed by atoms with E-state index in [4.69, 9.17) is 14.4 Å². The molecule has 0 bridgehead atoms. The summed E-state index contributed by atoms with van der Waals surface area (Å²) in [6.07, 6.45) is 0.921. The Balaban J connectivity index is 1.66. The van der Waals surface area contributed by atoms with Gasteiger partial charge >= 0.3 is 5.97 Å². The number of para-hydroxylation sites is 2. The number of carbonyl (C=O) groups excluding carboxylic acids is 1. The SMILES string of the molecule is N#CCCCOC(=O)c1ccccc1CSc1nc2ccccc2o1. The molecule has 0 amide bonds. The third-order valence-corrected chi connectivity index (χ3v) is 4.41. The van der Waals surface area contributed by atoms with Gasteiger partial charge in [0.05, 0.1) is 18.2 Å². The van der Waals surface area contributed by atoms with Crippen LogP contribution in [0.5, 0.6) is 0 Å².